The number of nitrogens with one attached hydrogen (secondary N) is 1. The number of benzene rings is 1. The maximum absolute atomic E-state index is 11.2. The van der Waals surface area contributed by atoms with E-state index >= 15 is 0 Å². The number of rotatable bonds is 6. The lowest BCUT2D eigenvalue weighted by Crippen LogP contribution is -2.14. The number of hydrogen-bond acceptors (Lipinski definition) is 3. The summed E-state index contributed by atoms with van der Waals surface area (Å²) in [5, 5.41) is 12.5. The second-order valence-electron chi connectivity index (χ2n) is 4.38. The molecule has 0 aliphatic rings. The maximum Gasteiger partial charge on any atom is 0.310 e. The molecule has 4 nitrogen and oxygen atoms in total. The number of hydrogen-bond donors (Lipinski definition) is 2. The highest BCUT2D eigenvalue weighted by atomic mass is 127. The number of ketones is 1. The lowest BCUT2D eigenvalue weighted by atomic mass is 10.0. The van der Waals surface area contributed by atoms with Gasteiger partial charge in [0.2, 0.25) is 0 Å². The summed E-state index contributed by atoms with van der Waals surface area (Å²) < 4.78 is 2.89. The van der Waals surface area contributed by atoms with Crippen molar-refractivity contribution >= 4 is 85.2 Å². The Balaban J connectivity index is 3.15. The molecule has 0 fully saturated rings. The minimum absolute atomic E-state index is 0.132. The van der Waals surface area contributed by atoms with Crippen LogP contribution >= 0.6 is 67.8 Å². The van der Waals surface area contributed by atoms with E-state index in [-0.39, 0.29) is 5.78 Å². The topological polar surface area (TPSA) is 66.4 Å². The first-order valence-corrected chi connectivity index (χ1v) is 9.12. The molecule has 110 valence electrons. The van der Waals surface area contributed by atoms with E-state index < -0.39 is 11.9 Å². The molecule has 1 rings (SSSR count). The summed E-state index contributed by atoms with van der Waals surface area (Å²) in [4.78, 5) is 22.2. The van der Waals surface area contributed by atoms with Gasteiger partial charge in [0.1, 0.15) is 5.78 Å². The standard InChI is InChI=1S/C13H14I3NO3/c1-6(18)3-4-17-12-9(15)5-8(14)10(11(12)16)7(2)13(19)20/h5,7,17H,3-4H2,1-2H3,(H,19,20). The van der Waals surface area contributed by atoms with E-state index in [1.54, 1.807) is 13.8 Å². The molecule has 20 heavy (non-hydrogen) atoms. The molecule has 0 bridgehead atoms. The third kappa shape index (κ3) is 4.68. The summed E-state index contributed by atoms with van der Waals surface area (Å²) >= 11 is 6.57. The minimum atomic E-state index is -0.836. The highest BCUT2D eigenvalue weighted by molar-refractivity contribution is 14.1. The number of carbonyl (C=O) groups is 2. The number of halogens is 3. The SMILES string of the molecule is CC(=O)CCNc1c(I)cc(I)c(C(C)C(=O)O)c1I. The second-order valence-corrected chi connectivity index (χ2v) is 7.78. The van der Waals surface area contributed by atoms with Gasteiger partial charge in [0.25, 0.3) is 0 Å². The van der Waals surface area contributed by atoms with E-state index in [4.69, 9.17) is 0 Å². The Kier molecular flexibility index (Phi) is 7.46. The monoisotopic (exact) mass is 613 g/mol. The van der Waals surface area contributed by atoms with Crippen molar-refractivity contribution in [2.45, 2.75) is 26.2 Å². The molecule has 1 atom stereocenters. The number of carboxylic acids is 1. The Bertz CT molecular complexity index is 546. The summed E-state index contributed by atoms with van der Waals surface area (Å²) in [6.07, 6.45) is 0.460. The van der Waals surface area contributed by atoms with E-state index in [0.717, 1.165) is 22.0 Å². The van der Waals surface area contributed by atoms with Crippen LogP contribution in [0, 0.1) is 10.7 Å². The molecular formula is C13H14I3NO3. The van der Waals surface area contributed by atoms with Crippen LogP contribution in [0.4, 0.5) is 5.69 Å². The van der Waals surface area contributed by atoms with Gasteiger partial charge in [-0.25, -0.2) is 0 Å². The van der Waals surface area contributed by atoms with Crippen molar-refractivity contribution in [1.82, 2.24) is 0 Å². The Morgan fingerprint density at radius 3 is 2.40 bits per heavy atom. The molecule has 0 aromatic heterocycles. The van der Waals surface area contributed by atoms with Gasteiger partial charge in [-0.1, -0.05) is 0 Å². The van der Waals surface area contributed by atoms with Crippen LogP contribution in [0.1, 0.15) is 31.7 Å². The molecule has 0 aliphatic heterocycles. The zero-order valence-electron chi connectivity index (χ0n) is 11.0. The zero-order chi connectivity index (χ0) is 15.4. The lowest BCUT2D eigenvalue weighted by molar-refractivity contribution is -0.138. The van der Waals surface area contributed by atoms with Gasteiger partial charge < -0.3 is 10.4 Å². The zero-order valence-corrected chi connectivity index (χ0v) is 17.4. The normalized spacial score (nSPS) is 12.1. The Morgan fingerprint density at radius 1 is 1.30 bits per heavy atom. The maximum atomic E-state index is 11.2. The highest BCUT2D eigenvalue weighted by Gasteiger charge is 2.23. The lowest BCUT2D eigenvalue weighted by Gasteiger charge is -2.18. The quantitative estimate of drug-likeness (QED) is 0.476. The predicted octanol–water partition coefficient (Wildman–Crippen LogP) is 4.08. The van der Waals surface area contributed by atoms with E-state index in [2.05, 4.69) is 73.1 Å². The van der Waals surface area contributed by atoms with Crippen LogP contribution in [0.3, 0.4) is 0 Å². The number of anilines is 1. The summed E-state index contributed by atoms with van der Waals surface area (Å²) in [5.41, 5.74) is 1.74. The van der Waals surface area contributed by atoms with Gasteiger partial charge in [-0.3, -0.25) is 9.59 Å². The highest BCUT2D eigenvalue weighted by Crippen LogP contribution is 2.35. The van der Waals surface area contributed by atoms with Crippen LogP contribution in [0.5, 0.6) is 0 Å². The van der Waals surface area contributed by atoms with Crippen LogP contribution in [-0.4, -0.2) is 23.4 Å². The fraction of sp³-hybridized carbons (Fsp3) is 0.385. The van der Waals surface area contributed by atoms with E-state index in [1.807, 2.05) is 6.07 Å². The number of carbonyl (C=O) groups excluding carboxylic acids is 1. The van der Waals surface area contributed by atoms with Crippen molar-refractivity contribution in [1.29, 1.82) is 0 Å². The molecular weight excluding hydrogens is 599 g/mol. The van der Waals surface area contributed by atoms with Gasteiger partial charge in [0, 0.05) is 23.7 Å². The molecule has 0 saturated carbocycles. The number of carboxylic acid groups (broad SMARTS) is 1. The first kappa shape index (κ1) is 18.4. The average molecular weight is 613 g/mol. The molecule has 1 aromatic carbocycles. The van der Waals surface area contributed by atoms with Gasteiger partial charge in [0.05, 0.1) is 11.6 Å². The van der Waals surface area contributed by atoms with Crippen molar-refractivity contribution in [2.24, 2.45) is 0 Å². The molecule has 0 aliphatic carbocycles. The van der Waals surface area contributed by atoms with E-state index in [1.165, 1.54) is 0 Å². The first-order valence-electron chi connectivity index (χ1n) is 5.89. The first-order chi connectivity index (χ1) is 9.25. The smallest absolute Gasteiger partial charge is 0.310 e. The summed E-state index contributed by atoms with van der Waals surface area (Å²) in [6, 6.07) is 1.97. The van der Waals surface area contributed by atoms with Gasteiger partial charge in [-0.15, -0.1) is 0 Å². The van der Waals surface area contributed by atoms with Crippen LogP contribution in [0.15, 0.2) is 6.07 Å². The van der Waals surface area contributed by atoms with E-state index in [0.29, 0.717) is 13.0 Å². The Morgan fingerprint density at radius 2 is 1.90 bits per heavy atom. The van der Waals surface area contributed by atoms with Crippen molar-refractivity contribution in [3.05, 3.63) is 22.3 Å². The van der Waals surface area contributed by atoms with Crippen molar-refractivity contribution in [2.75, 3.05) is 11.9 Å². The summed E-state index contributed by atoms with van der Waals surface area (Å²) in [6.45, 7) is 3.81. The average Bonchev–Trinajstić information content (AvgIpc) is 2.32. The van der Waals surface area contributed by atoms with Gasteiger partial charge in [-0.05, 0) is 93.2 Å². The Hall–Kier alpha value is 0.350. The molecule has 2 N–H and O–H groups in total. The third-order valence-corrected chi connectivity index (χ3v) is 5.65. The molecule has 1 unspecified atom stereocenters. The van der Waals surface area contributed by atoms with Crippen LogP contribution in [0.2, 0.25) is 0 Å². The molecule has 0 amide bonds. The van der Waals surface area contributed by atoms with Crippen molar-refractivity contribution < 1.29 is 14.7 Å². The molecule has 0 spiro atoms. The predicted molar refractivity (Wildman–Crippen MR) is 104 cm³/mol. The summed E-state index contributed by atoms with van der Waals surface area (Å²) in [7, 11) is 0. The van der Waals surface area contributed by atoms with Gasteiger partial charge >= 0.3 is 5.97 Å². The fourth-order valence-corrected chi connectivity index (χ4v) is 6.34. The van der Waals surface area contributed by atoms with Crippen LogP contribution in [0.25, 0.3) is 0 Å². The van der Waals surface area contributed by atoms with E-state index in [9.17, 15) is 14.7 Å². The number of aliphatic carboxylic acids is 1. The van der Waals surface area contributed by atoms with Crippen LogP contribution < -0.4 is 5.32 Å². The minimum Gasteiger partial charge on any atom is -0.481 e. The van der Waals surface area contributed by atoms with Gasteiger partial charge in [-0.2, -0.15) is 0 Å². The third-order valence-electron chi connectivity index (χ3n) is 2.79. The van der Waals surface area contributed by atoms with Crippen molar-refractivity contribution in [3.8, 4) is 0 Å². The fourth-order valence-electron chi connectivity index (χ4n) is 1.65. The van der Waals surface area contributed by atoms with Crippen LogP contribution in [-0.2, 0) is 9.59 Å². The largest absolute Gasteiger partial charge is 0.481 e. The molecule has 0 radical (unpaired) electrons. The van der Waals surface area contributed by atoms with Crippen molar-refractivity contribution in [3.63, 3.8) is 0 Å². The van der Waals surface area contributed by atoms with Gasteiger partial charge in [0.15, 0.2) is 0 Å². The molecule has 7 heteroatoms. The molecule has 0 saturated heterocycles. The second kappa shape index (κ2) is 8.11. The Labute approximate surface area is 158 Å². The molecule has 1 aromatic rings. The molecule has 0 heterocycles. The summed E-state index contributed by atoms with van der Waals surface area (Å²) in [5.74, 6) is -1.26. The number of Topliss-reactive ketones (excluding diaryl/α,β-unsaturated/α-hetero) is 1.